The zero-order chi connectivity index (χ0) is 25.2. The number of oxime groups is 1. The lowest BCUT2D eigenvalue weighted by Gasteiger charge is -2.27. The summed E-state index contributed by atoms with van der Waals surface area (Å²) in [5.74, 6) is 0.919. The van der Waals surface area contributed by atoms with Gasteiger partial charge < -0.3 is 34.4 Å². The molecule has 2 N–H and O–H groups in total. The number of ether oxygens (including phenoxy) is 4. The molecule has 35 heavy (non-hydrogen) atoms. The molecule has 0 radical (unpaired) electrons. The summed E-state index contributed by atoms with van der Waals surface area (Å²) in [6.45, 7) is 12.2. The number of aromatic nitrogens is 4. The maximum Gasteiger partial charge on any atom is 0.222 e. The van der Waals surface area contributed by atoms with Gasteiger partial charge in [0.1, 0.15) is 37.1 Å². The van der Waals surface area contributed by atoms with Crippen molar-refractivity contribution in [3.05, 3.63) is 12.2 Å². The van der Waals surface area contributed by atoms with Gasteiger partial charge in [0, 0.05) is 13.5 Å². The number of aryl methyl sites for hydroxylation is 1. The molecule has 4 heterocycles. The normalized spacial score (nSPS) is 26.0. The molecule has 0 spiro atoms. The van der Waals surface area contributed by atoms with Gasteiger partial charge in [-0.3, -0.25) is 4.57 Å². The minimum atomic E-state index is -0.704. The Morgan fingerprint density at radius 3 is 2.80 bits per heavy atom. The molecule has 0 saturated carbocycles. The number of nitrogens with two attached hydrogens (primary N) is 1. The molecule has 194 valence electrons. The maximum atomic E-state index is 6.53. The van der Waals surface area contributed by atoms with Crippen LogP contribution in [0, 0.1) is 6.92 Å². The molecule has 0 aromatic carbocycles. The first-order chi connectivity index (χ1) is 16.7. The number of rotatable bonds is 10. The fraction of sp³-hybridized carbons (Fsp3) is 0.739. The maximum absolute atomic E-state index is 6.53. The summed E-state index contributed by atoms with van der Waals surface area (Å²) >= 11 is 0. The smallest absolute Gasteiger partial charge is 0.222 e. The molecule has 2 fully saturated rings. The van der Waals surface area contributed by atoms with Crippen LogP contribution in [-0.4, -0.2) is 87.8 Å². The second-order valence-corrected chi connectivity index (χ2v) is 9.44. The standard InChI is InChI=1S/C23H37N7O5/c1-7-31-15(3)28-32-11-9-8-10-29(6)12-16-18-19(35-23(4,5)34-18)22(33-16)30-14(2)27-17-20(24)25-13-26-21(17)30/h13,16,18-19,22H,7-12H2,1-6H3,(H2,24,25,26)/b28-15+/t16-,18-,19-,22-/m1/s1. The second kappa shape index (κ2) is 10.6. The molecule has 12 heteroatoms. The molecule has 2 saturated heterocycles. The van der Waals surface area contributed by atoms with Crippen LogP contribution in [0.3, 0.4) is 0 Å². The molecule has 2 aliphatic rings. The zero-order valence-corrected chi connectivity index (χ0v) is 21.4. The number of hydrogen-bond acceptors (Lipinski definition) is 11. The van der Waals surface area contributed by atoms with Crippen LogP contribution in [0.2, 0.25) is 0 Å². The SMILES string of the molecule is CCO/C(C)=N/OCCCCN(C)C[C@H]1O[C@@H](n2c(C)nc3c(N)ncnc32)[C@@H]2OC(C)(C)O[C@@H]21. The first-order valence-corrected chi connectivity index (χ1v) is 12.1. The van der Waals surface area contributed by atoms with Crippen molar-refractivity contribution in [2.45, 2.75) is 77.8 Å². The van der Waals surface area contributed by atoms with Crippen LogP contribution in [-0.2, 0) is 23.8 Å². The number of likely N-dealkylation sites (N-methyl/N-ethyl adjacent to an activating group) is 1. The zero-order valence-electron chi connectivity index (χ0n) is 21.4. The van der Waals surface area contributed by atoms with E-state index in [0.717, 1.165) is 25.2 Å². The molecule has 0 bridgehead atoms. The Morgan fingerprint density at radius 2 is 2.03 bits per heavy atom. The fourth-order valence-corrected chi connectivity index (χ4v) is 4.67. The van der Waals surface area contributed by atoms with Crippen molar-refractivity contribution in [3.8, 4) is 0 Å². The number of nitrogens with zero attached hydrogens (tertiary/aromatic N) is 6. The Labute approximate surface area is 205 Å². The average Bonchev–Trinajstić information content (AvgIpc) is 3.40. The van der Waals surface area contributed by atoms with E-state index in [1.165, 1.54) is 6.33 Å². The summed E-state index contributed by atoms with van der Waals surface area (Å²) in [5.41, 5.74) is 7.22. The summed E-state index contributed by atoms with van der Waals surface area (Å²) in [6.07, 6.45) is 2.18. The molecule has 0 aliphatic carbocycles. The van der Waals surface area contributed by atoms with Gasteiger partial charge in [-0.05, 0) is 54.1 Å². The van der Waals surface area contributed by atoms with Gasteiger partial charge in [0.05, 0.1) is 6.61 Å². The van der Waals surface area contributed by atoms with E-state index in [9.17, 15) is 0 Å². The van der Waals surface area contributed by atoms with Gasteiger partial charge >= 0.3 is 0 Å². The summed E-state index contributed by atoms with van der Waals surface area (Å²) < 4.78 is 26.3. The van der Waals surface area contributed by atoms with Gasteiger partial charge in [-0.15, -0.1) is 0 Å². The summed E-state index contributed by atoms with van der Waals surface area (Å²) in [5, 5.41) is 3.94. The highest BCUT2D eigenvalue weighted by Gasteiger charge is 2.56. The second-order valence-electron chi connectivity index (χ2n) is 9.44. The van der Waals surface area contributed by atoms with E-state index in [-0.39, 0.29) is 18.3 Å². The Morgan fingerprint density at radius 1 is 1.26 bits per heavy atom. The molecular formula is C23H37N7O5. The molecule has 12 nitrogen and oxygen atoms in total. The Balaban J connectivity index is 1.38. The van der Waals surface area contributed by atoms with Crippen molar-refractivity contribution in [1.82, 2.24) is 24.4 Å². The fourth-order valence-electron chi connectivity index (χ4n) is 4.67. The first-order valence-electron chi connectivity index (χ1n) is 12.1. The van der Waals surface area contributed by atoms with Crippen LogP contribution in [0.4, 0.5) is 5.82 Å². The van der Waals surface area contributed by atoms with Gasteiger partial charge in [0.25, 0.3) is 0 Å². The highest BCUT2D eigenvalue weighted by molar-refractivity contribution is 5.81. The van der Waals surface area contributed by atoms with Crippen LogP contribution in [0.5, 0.6) is 0 Å². The summed E-state index contributed by atoms with van der Waals surface area (Å²) in [4.78, 5) is 20.6. The molecular weight excluding hydrogens is 454 g/mol. The molecule has 0 amide bonds. The highest BCUT2D eigenvalue weighted by atomic mass is 16.8. The van der Waals surface area contributed by atoms with E-state index in [2.05, 4.69) is 32.1 Å². The quantitative estimate of drug-likeness (QED) is 0.228. The van der Waals surface area contributed by atoms with Crippen molar-refractivity contribution in [3.63, 3.8) is 0 Å². The molecule has 4 atom stereocenters. The van der Waals surface area contributed by atoms with Gasteiger partial charge in [0.2, 0.25) is 5.90 Å². The van der Waals surface area contributed by atoms with Crippen LogP contribution < -0.4 is 5.73 Å². The lowest BCUT2D eigenvalue weighted by Crippen LogP contribution is -2.38. The average molecular weight is 492 g/mol. The van der Waals surface area contributed by atoms with Crippen molar-refractivity contribution in [1.29, 1.82) is 0 Å². The van der Waals surface area contributed by atoms with Crippen LogP contribution in [0.1, 0.15) is 52.6 Å². The number of fused-ring (bicyclic) bond motifs is 2. The highest BCUT2D eigenvalue weighted by Crippen LogP contribution is 2.44. The Bertz CT molecular complexity index is 1040. The number of imidazole rings is 1. The lowest BCUT2D eigenvalue weighted by atomic mass is 10.1. The molecule has 2 aromatic heterocycles. The van der Waals surface area contributed by atoms with E-state index >= 15 is 0 Å². The first kappa shape index (κ1) is 25.5. The number of hydrogen-bond donors (Lipinski definition) is 1. The van der Waals surface area contributed by atoms with Gasteiger partial charge in [-0.1, -0.05) is 5.16 Å². The lowest BCUT2D eigenvalue weighted by molar-refractivity contribution is -0.197. The molecule has 0 unspecified atom stereocenters. The van der Waals surface area contributed by atoms with E-state index in [1.807, 2.05) is 32.3 Å². The largest absolute Gasteiger partial charge is 0.479 e. The number of unbranched alkanes of at least 4 members (excludes halogenated alkanes) is 1. The summed E-state index contributed by atoms with van der Waals surface area (Å²) in [6, 6.07) is 0. The summed E-state index contributed by atoms with van der Waals surface area (Å²) in [7, 11) is 2.08. The van der Waals surface area contributed by atoms with E-state index < -0.39 is 12.0 Å². The van der Waals surface area contributed by atoms with Gasteiger partial charge in [-0.25, -0.2) is 15.0 Å². The van der Waals surface area contributed by atoms with E-state index in [4.69, 9.17) is 29.5 Å². The van der Waals surface area contributed by atoms with Crippen LogP contribution in [0.15, 0.2) is 11.5 Å². The van der Waals surface area contributed by atoms with E-state index in [1.54, 1.807) is 6.92 Å². The predicted octanol–water partition coefficient (Wildman–Crippen LogP) is 2.23. The van der Waals surface area contributed by atoms with Crippen LogP contribution >= 0.6 is 0 Å². The minimum absolute atomic E-state index is 0.178. The molecule has 2 aliphatic heterocycles. The Kier molecular flexibility index (Phi) is 7.74. The number of anilines is 1. The van der Waals surface area contributed by atoms with Crippen molar-refractivity contribution in [2.24, 2.45) is 5.16 Å². The number of nitrogen functional groups attached to an aromatic ring is 1. The molecule has 2 aromatic rings. The third-order valence-corrected chi connectivity index (χ3v) is 6.12. The minimum Gasteiger partial charge on any atom is -0.479 e. The molecule has 4 rings (SSSR count). The van der Waals surface area contributed by atoms with Crippen LogP contribution in [0.25, 0.3) is 11.2 Å². The Hall–Kier alpha value is -2.54. The topological polar surface area (TPSA) is 131 Å². The van der Waals surface area contributed by atoms with Gasteiger partial charge in [0.15, 0.2) is 29.0 Å². The third kappa shape index (κ3) is 5.66. The monoisotopic (exact) mass is 491 g/mol. The van der Waals surface area contributed by atoms with Crippen molar-refractivity contribution < 1.29 is 23.8 Å². The van der Waals surface area contributed by atoms with E-state index in [0.29, 0.717) is 42.6 Å². The van der Waals surface area contributed by atoms with Crippen molar-refractivity contribution in [2.75, 3.05) is 39.1 Å². The van der Waals surface area contributed by atoms with Crippen molar-refractivity contribution >= 4 is 22.9 Å². The van der Waals surface area contributed by atoms with Gasteiger partial charge in [-0.2, -0.15) is 0 Å². The third-order valence-electron chi connectivity index (χ3n) is 6.12. The predicted molar refractivity (Wildman–Crippen MR) is 130 cm³/mol.